The number of aliphatic hydroxyl groups is 1. The minimum absolute atomic E-state index is 0.0991. The van der Waals surface area contributed by atoms with E-state index in [1.807, 2.05) is 6.92 Å². The van der Waals surface area contributed by atoms with E-state index in [1.54, 1.807) is 17.5 Å². The fourth-order valence-electron chi connectivity index (χ4n) is 1.34. The molecule has 2 rings (SSSR count). The number of aromatic nitrogens is 1. The first-order valence-corrected chi connectivity index (χ1v) is 5.40. The van der Waals surface area contributed by atoms with Crippen LogP contribution in [0.5, 0.6) is 0 Å². The first-order valence-electron chi connectivity index (χ1n) is 4.52. The monoisotopic (exact) mass is 223 g/mol. The van der Waals surface area contributed by atoms with E-state index in [2.05, 4.69) is 4.98 Å². The zero-order valence-corrected chi connectivity index (χ0v) is 9.01. The average molecular weight is 223 g/mol. The summed E-state index contributed by atoms with van der Waals surface area (Å²) < 4.78 is 13.5. The van der Waals surface area contributed by atoms with E-state index < -0.39 is 0 Å². The van der Waals surface area contributed by atoms with Crippen LogP contribution in [0.2, 0.25) is 0 Å². The van der Waals surface area contributed by atoms with Crippen LogP contribution in [-0.2, 0) is 6.61 Å². The Morgan fingerprint density at radius 2 is 2.27 bits per heavy atom. The molecule has 0 radical (unpaired) electrons. The van der Waals surface area contributed by atoms with Crippen molar-refractivity contribution in [3.05, 3.63) is 40.0 Å². The molecule has 0 saturated heterocycles. The molecule has 1 N–H and O–H groups in total. The maximum atomic E-state index is 13.5. The molecule has 2 aromatic rings. The van der Waals surface area contributed by atoms with Crippen LogP contribution < -0.4 is 0 Å². The molecule has 15 heavy (non-hydrogen) atoms. The van der Waals surface area contributed by atoms with Crippen LogP contribution in [0.15, 0.2) is 23.6 Å². The van der Waals surface area contributed by atoms with Gasteiger partial charge in [-0.3, -0.25) is 0 Å². The molecule has 0 aliphatic heterocycles. The van der Waals surface area contributed by atoms with E-state index in [9.17, 15) is 4.39 Å². The van der Waals surface area contributed by atoms with E-state index in [0.717, 1.165) is 5.56 Å². The predicted octanol–water partition coefficient (Wildman–Crippen LogP) is 2.75. The summed E-state index contributed by atoms with van der Waals surface area (Å²) in [4.78, 5) is 4.13. The van der Waals surface area contributed by atoms with Crippen LogP contribution in [0.1, 0.15) is 10.6 Å². The van der Waals surface area contributed by atoms with E-state index in [1.165, 1.54) is 17.4 Å². The molecule has 1 aromatic heterocycles. The average Bonchev–Trinajstić information content (AvgIpc) is 2.70. The molecule has 0 aliphatic carbocycles. The van der Waals surface area contributed by atoms with Crippen molar-refractivity contribution in [2.75, 3.05) is 0 Å². The van der Waals surface area contributed by atoms with Crippen LogP contribution in [0.4, 0.5) is 4.39 Å². The van der Waals surface area contributed by atoms with Crippen molar-refractivity contribution < 1.29 is 9.50 Å². The fourth-order valence-corrected chi connectivity index (χ4v) is 2.00. The predicted molar refractivity (Wildman–Crippen MR) is 58.2 cm³/mol. The zero-order chi connectivity index (χ0) is 10.8. The zero-order valence-electron chi connectivity index (χ0n) is 8.20. The van der Waals surface area contributed by atoms with Crippen molar-refractivity contribution in [2.24, 2.45) is 0 Å². The molecule has 0 bridgehead atoms. The highest BCUT2D eigenvalue weighted by atomic mass is 32.1. The van der Waals surface area contributed by atoms with Crippen molar-refractivity contribution >= 4 is 11.3 Å². The molecule has 0 amide bonds. The lowest BCUT2D eigenvalue weighted by Crippen LogP contribution is -1.87. The normalized spacial score (nSPS) is 10.6. The van der Waals surface area contributed by atoms with Gasteiger partial charge in [0.15, 0.2) is 0 Å². The van der Waals surface area contributed by atoms with E-state index in [0.29, 0.717) is 16.3 Å². The van der Waals surface area contributed by atoms with Gasteiger partial charge in [-0.15, -0.1) is 11.3 Å². The van der Waals surface area contributed by atoms with E-state index in [-0.39, 0.29) is 12.4 Å². The van der Waals surface area contributed by atoms with Crippen molar-refractivity contribution in [2.45, 2.75) is 13.5 Å². The summed E-state index contributed by atoms with van der Waals surface area (Å²) in [6.07, 6.45) is 0. The van der Waals surface area contributed by atoms with Crippen molar-refractivity contribution in [1.29, 1.82) is 0 Å². The van der Waals surface area contributed by atoms with Crippen LogP contribution in [0.25, 0.3) is 11.3 Å². The number of aryl methyl sites for hydroxylation is 1. The van der Waals surface area contributed by atoms with Crippen LogP contribution >= 0.6 is 11.3 Å². The van der Waals surface area contributed by atoms with Gasteiger partial charge in [0.25, 0.3) is 0 Å². The second-order valence-electron chi connectivity index (χ2n) is 3.27. The lowest BCUT2D eigenvalue weighted by molar-refractivity contribution is 0.281. The first-order chi connectivity index (χ1) is 7.20. The summed E-state index contributed by atoms with van der Waals surface area (Å²) in [5, 5.41) is 11.2. The second-order valence-corrected chi connectivity index (χ2v) is 4.21. The van der Waals surface area contributed by atoms with Gasteiger partial charge in [0.1, 0.15) is 10.8 Å². The Hall–Kier alpha value is -1.26. The minimum atomic E-state index is -0.282. The summed E-state index contributed by atoms with van der Waals surface area (Å²) in [7, 11) is 0. The molecule has 78 valence electrons. The van der Waals surface area contributed by atoms with Crippen molar-refractivity contribution in [3.8, 4) is 11.3 Å². The smallest absolute Gasteiger partial charge is 0.132 e. The third kappa shape index (κ3) is 2.06. The number of aliphatic hydroxyl groups excluding tert-OH is 1. The van der Waals surface area contributed by atoms with Crippen molar-refractivity contribution in [1.82, 2.24) is 4.98 Å². The molecule has 1 heterocycles. The van der Waals surface area contributed by atoms with Gasteiger partial charge in [-0.1, -0.05) is 11.6 Å². The Kier molecular flexibility index (Phi) is 2.79. The maximum absolute atomic E-state index is 13.5. The molecule has 4 heteroatoms. The Balaban J connectivity index is 2.48. The topological polar surface area (TPSA) is 33.1 Å². The maximum Gasteiger partial charge on any atom is 0.132 e. The number of nitrogens with zero attached hydrogens (tertiary/aromatic N) is 1. The molecule has 1 aromatic carbocycles. The number of rotatable bonds is 2. The molecule has 0 saturated carbocycles. The van der Waals surface area contributed by atoms with E-state index >= 15 is 0 Å². The molecular weight excluding hydrogens is 213 g/mol. The molecular formula is C11H10FNOS. The Bertz CT molecular complexity index is 481. The molecule has 0 atom stereocenters. The SMILES string of the molecule is Cc1ccc(F)c(-c2csc(CO)n2)c1. The molecule has 0 unspecified atom stereocenters. The van der Waals surface area contributed by atoms with Crippen molar-refractivity contribution in [3.63, 3.8) is 0 Å². The standard InChI is InChI=1S/C11H10FNOS/c1-7-2-3-9(12)8(4-7)10-6-15-11(5-14)13-10/h2-4,6,14H,5H2,1H3. The van der Waals surface area contributed by atoms with Crippen LogP contribution in [0.3, 0.4) is 0 Å². The molecule has 0 aliphatic rings. The second kappa shape index (κ2) is 4.08. The molecule has 0 fully saturated rings. The Morgan fingerprint density at radius 3 is 2.93 bits per heavy atom. The summed E-state index contributed by atoms with van der Waals surface area (Å²) in [6, 6.07) is 4.91. The molecule has 2 nitrogen and oxygen atoms in total. The summed E-state index contributed by atoms with van der Waals surface area (Å²) >= 11 is 1.33. The highest BCUT2D eigenvalue weighted by Crippen LogP contribution is 2.25. The number of hydrogen-bond donors (Lipinski definition) is 1. The van der Waals surface area contributed by atoms with Gasteiger partial charge in [0.05, 0.1) is 12.3 Å². The van der Waals surface area contributed by atoms with Gasteiger partial charge in [-0.25, -0.2) is 9.37 Å². The number of benzene rings is 1. The summed E-state index contributed by atoms with van der Waals surface area (Å²) in [5.41, 5.74) is 2.07. The third-order valence-corrected chi connectivity index (χ3v) is 2.92. The van der Waals surface area contributed by atoms with Gasteiger partial charge in [-0.2, -0.15) is 0 Å². The summed E-state index contributed by atoms with van der Waals surface area (Å²) in [5.74, 6) is -0.282. The first kappa shape index (κ1) is 10.3. The van der Waals surface area contributed by atoms with Gasteiger partial charge in [0, 0.05) is 10.9 Å². The van der Waals surface area contributed by atoms with E-state index in [4.69, 9.17) is 5.11 Å². The highest BCUT2D eigenvalue weighted by Gasteiger charge is 2.08. The Labute approximate surface area is 91.0 Å². The quantitative estimate of drug-likeness (QED) is 0.849. The van der Waals surface area contributed by atoms with Gasteiger partial charge in [-0.05, 0) is 19.1 Å². The third-order valence-electron chi connectivity index (χ3n) is 2.08. The highest BCUT2D eigenvalue weighted by molar-refractivity contribution is 7.09. The van der Waals surface area contributed by atoms with Gasteiger partial charge < -0.3 is 5.11 Å². The number of thiazole rings is 1. The lowest BCUT2D eigenvalue weighted by atomic mass is 10.1. The van der Waals surface area contributed by atoms with Gasteiger partial charge in [0.2, 0.25) is 0 Å². The Morgan fingerprint density at radius 1 is 1.47 bits per heavy atom. The number of halogens is 1. The van der Waals surface area contributed by atoms with Gasteiger partial charge >= 0.3 is 0 Å². The summed E-state index contributed by atoms with van der Waals surface area (Å²) in [6.45, 7) is 1.81. The van der Waals surface area contributed by atoms with Crippen LogP contribution in [0, 0.1) is 12.7 Å². The largest absolute Gasteiger partial charge is 0.389 e. The fraction of sp³-hybridized carbons (Fsp3) is 0.182. The number of hydrogen-bond acceptors (Lipinski definition) is 3. The lowest BCUT2D eigenvalue weighted by Gasteiger charge is -2.00. The van der Waals surface area contributed by atoms with Crippen LogP contribution in [-0.4, -0.2) is 10.1 Å². The molecule has 0 spiro atoms. The minimum Gasteiger partial charge on any atom is -0.389 e.